The van der Waals surface area contributed by atoms with E-state index in [2.05, 4.69) is 109 Å². The van der Waals surface area contributed by atoms with E-state index in [1.807, 2.05) is 78.9 Å². The Balaban J connectivity index is 1.05. The van der Waals surface area contributed by atoms with Crippen molar-refractivity contribution in [3.05, 3.63) is 188 Å². The van der Waals surface area contributed by atoms with Crippen molar-refractivity contribution in [3.63, 3.8) is 0 Å². The van der Waals surface area contributed by atoms with Crippen molar-refractivity contribution >= 4 is 43.9 Å². The Morgan fingerprint density at radius 3 is 1.59 bits per heavy atom. The molecule has 3 aromatic heterocycles. The average Bonchev–Trinajstić information content (AvgIpc) is 3.85. The van der Waals surface area contributed by atoms with Crippen LogP contribution in [0.4, 0.5) is 0 Å². The molecule has 3 heterocycles. The molecule has 0 radical (unpaired) electrons. The molecule has 0 aliphatic rings. The smallest absolute Gasteiger partial charge is 0.167 e. The quantitative estimate of drug-likeness (QED) is 0.171. The summed E-state index contributed by atoms with van der Waals surface area (Å²) in [5.41, 5.74) is 12.7. The minimum absolute atomic E-state index is 0.539. The van der Waals surface area contributed by atoms with Crippen molar-refractivity contribution < 1.29 is 8.83 Å². The first kappa shape index (κ1) is 31.9. The minimum Gasteiger partial charge on any atom is -0.456 e. The van der Waals surface area contributed by atoms with Crippen molar-refractivity contribution in [2.45, 2.75) is 0 Å². The zero-order valence-corrected chi connectivity index (χ0v) is 30.1. The number of furan rings is 2. The van der Waals surface area contributed by atoms with Gasteiger partial charge in [0.1, 0.15) is 22.3 Å². The maximum Gasteiger partial charge on any atom is 0.167 e. The highest BCUT2D eigenvalue weighted by Gasteiger charge is 2.20. The summed E-state index contributed by atoms with van der Waals surface area (Å²) in [5, 5.41) is 4.02. The van der Waals surface area contributed by atoms with E-state index in [-0.39, 0.29) is 0 Å². The first-order valence-electron chi connectivity index (χ1n) is 18.7. The number of nitrogens with zero attached hydrogens (tertiary/aromatic N) is 3. The molecule has 56 heavy (non-hydrogen) atoms. The Morgan fingerprint density at radius 2 is 0.786 bits per heavy atom. The predicted molar refractivity (Wildman–Crippen MR) is 227 cm³/mol. The SMILES string of the molecule is c1ccc(-c2ccc(-c3cccc(-c4ccc5oc6cccc(-c7nc(-c8ccccc8)nc(-c8cccc9c8oc8ccccc89)n7)c6c5c4)c3)cc2)cc1. The second-order valence-corrected chi connectivity index (χ2v) is 14.0. The molecule has 0 spiro atoms. The number of para-hydroxylation sites is 2. The van der Waals surface area contributed by atoms with Gasteiger partial charge in [0.05, 0.1) is 5.56 Å². The van der Waals surface area contributed by atoms with E-state index >= 15 is 0 Å². The number of benzene rings is 8. The summed E-state index contributed by atoms with van der Waals surface area (Å²) in [6.07, 6.45) is 0. The molecule has 0 aliphatic heterocycles. The Bertz CT molecular complexity index is 3240. The maximum atomic E-state index is 6.48. The molecule has 0 saturated heterocycles. The van der Waals surface area contributed by atoms with Crippen molar-refractivity contribution in [2.75, 3.05) is 0 Å². The largest absolute Gasteiger partial charge is 0.456 e. The van der Waals surface area contributed by atoms with Gasteiger partial charge in [0, 0.05) is 32.7 Å². The van der Waals surface area contributed by atoms with Crippen LogP contribution in [0.3, 0.4) is 0 Å². The molecule has 11 rings (SSSR count). The van der Waals surface area contributed by atoms with Crippen LogP contribution in [0.25, 0.3) is 111 Å². The molecule has 262 valence electrons. The zero-order valence-electron chi connectivity index (χ0n) is 30.1. The Morgan fingerprint density at radius 1 is 0.286 bits per heavy atom. The van der Waals surface area contributed by atoms with Gasteiger partial charge in [0.25, 0.3) is 0 Å². The molecule has 0 N–H and O–H groups in total. The van der Waals surface area contributed by atoms with Gasteiger partial charge < -0.3 is 8.83 Å². The Labute approximate surface area is 322 Å². The van der Waals surface area contributed by atoms with Crippen LogP contribution in [0.5, 0.6) is 0 Å². The van der Waals surface area contributed by atoms with E-state index in [1.165, 1.54) is 16.7 Å². The van der Waals surface area contributed by atoms with Gasteiger partial charge in [0.15, 0.2) is 17.5 Å². The van der Waals surface area contributed by atoms with Gasteiger partial charge in [-0.3, -0.25) is 0 Å². The molecule has 8 aromatic carbocycles. The molecule has 5 heteroatoms. The number of hydrogen-bond donors (Lipinski definition) is 0. The van der Waals surface area contributed by atoms with Gasteiger partial charge >= 0.3 is 0 Å². The fraction of sp³-hybridized carbons (Fsp3) is 0. The normalized spacial score (nSPS) is 11.6. The molecule has 0 fully saturated rings. The molecular formula is C51H31N3O2. The Hall–Kier alpha value is -7.63. The van der Waals surface area contributed by atoms with E-state index in [1.54, 1.807) is 0 Å². The first-order valence-corrected chi connectivity index (χ1v) is 18.7. The van der Waals surface area contributed by atoms with Crippen LogP contribution in [0, 0.1) is 0 Å². The van der Waals surface area contributed by atoms with E-state index in [9.17, 15) is 0 Å². The van der Waals surface area contributed by atoms with Gasteiger partial charge in [-0.15, -0.1) is 0 Å². The topological polar surface area (TPSA) is 65.0 Å². The first-order chi connectivity index (χ1) is 27.7. The van der Waals surface area contributed by atoms with E-state index in [4.69, 9.17) is 23.8 Å². The average molecular weight is 718 g/mol. The van der Waals surface area contributed by atoms with Gasteiger partial charge in [-0.2, -0.15) is 0 Å². The number of rotatable bonds is 6. The third-order valence-electron chi connectivity index (χ3n) is 10.6. The van der Waals surface area contributed by atoms with Crippen LogP contribution < -0.4 is 0 Å². The van der Waals surface area contributed by atoms with Crippen LogP contribution >= 0.6 is 0 Å². The van der Waals surface area contributed by atoms with Gasteiger partial charge in [-0.05, 0) is 69.8 Å². The minimum atomic E-state index is 0.539. The van der Waals surface area contributed by atoms with Crippen LogP contribution in [0.2, 0.25) is 0 Å². The molecule has 0 unspecified atom stereocenters. The second-order valence-electron chi connectivity index (χ2n) is 14.0. The maximum absolute atomic E-state index is 6.48. The zero-order chi connectivity index (χ0) is 37.0. The van der Waals surface area contributed by atoms with Crippen LogP contribution in [-0.4, -0.2) is 15.0 Å². The predicted octanol–water partition coefficient (Wildman–Crippen LogP) is 13.7. The third kappa shape index (κ3) is 5.45. The molecule has 0 saturated carbocycles. The molecule has 0 bridgehead atoms. The summed E-state index contributed by atoms with van der Waals surface area (Å²) in [6, 6.07) is 64.7. The highest BCUT2D eigenvalue weighted by Crippen LogP contribution is 2.40. The van der Waals surface area contributed by atoms with E-state index < -0.39 is 0 Å². The molecule has 0 atom stereocenters. The van der Waals surface area contributed by atoms with Crippen molar-refractivity contribution in [1.82, 2.24) is 15.0 Å². The lowest BCUT2D eigenvalue weighted by Gasteiger charge is -2.10. The molecule has 11 aromatic rings. The molecule has 0 aliphatic carbocycles. The van der Waals surface area contributed by atoms with Crippen molar-refractivity contribution in [1.29, 1.82) is 0 Å². The Kier molecular flexibility index (Phi) is 7.42. The number of hydrogen-bond acceptors (Lipinski definition) is 5. The number of fused-ring (bicyclic) bond motifs is 6. The van der Waals surface area contributed by atoms with Crippen LogP contribution in [0.15, 0.2) is 197 Å². The standard InChI is InChI=1S/C51H31N3O2/c1-3-12-32(13-4-1)33-24-26-34(27-25-33)36-16-9-17-37(30-36)38-28-29-45-43(31-38)47-41(20-11-23-46(47)55-45)50-52-49(35-14-5-2-6-15-35)53-51(54-50)42-21-10-19-40-39-18-7-8-22-44(39)56-48(40)42/h1-31H. The summed E-state index contributed by atoms with van der Waals surface area (Å²) in [5.74, 6) is 1.68. The highest BCUT2D eigenvalue weighted by molar-refractivity contribution is 6.13. The fourth-order valence-electron chi connectivity index (χ4n) is 7.81. The van der Waals surface area contributed by atoms with Gasteiger partial charge in [-0.25, -0.2) is 15.0 Å². The van der Waals surface area contributed by atoms with Crippen molar-refractivity contribution in [3.8, 4) is 67.5 Å². The summed E-state index contributed by atoms with van der Waals surface area (Å²) >= 11 is 0. The van der Waals surface area contributed by atoms with Crippen molar-refractivity contribution in [2.24, 2.45) is 0 Å². The molecule has 5 nitrogen and oxygen atoms in total. The third-order valence-corrected chi connectivity index (χ3v) is 10.6. The summed E-state index contributed by atoms with van der Waals surface area (Å²) < 4.78 is 12.9. The lowest BCUT2D eigenvalue weighted by molar-refractivity contribution is 0.668. The lowest BCUT2D eigenvalue weighted by Crippen LogP contribution is -2.00. The van der Waals surface area contributed by atoms with Crippen LogP contribution in [-0.2, 0) is 0 Å². The summed E-state index contributed by atoms with van der Waals surface area (Å²) in [7, 11) is 0. The van der Waals surface area contributed by atoms with E-state index in [0.717, 1.165) is 77.3 Å². The molecule has 0 amide bonds. The summed E-state index contributed by atoms with van der Waals surface area (Å²) in [6.45, 7) is 0. The summed E-state index contributed by atoms with van der Waals surface area (Å²) in [4.78, 5) is 15.4. The monoisotopic (exact) mass is 717 g/mol. The van der Waals surface area contributed by atoms with E-state index in [0.29, 0.717) is 17.5 Å². The number of aromatic nitrogens is 3. The van der Waals surface area contributed by atoms with Gasteiger partial charge in [0.2, 0.25) is 0 Å². The lowest BCUT2D eigenvalue weighted by atomic mass is 9.96. The molecular weight excluding hydrogens is 687 g/mol. The van der Waals surface area contributed by atoms with Crippen LogP contribution in [0.1, 0.15) is 0 Å². The fourth-order valence-corrected chi connectivity index (χ4v) is 7.81. The second kappa shape index (κ2) is 13.0. The highest BCUT2D eigenvalue weighted by atomic mass is 16.3. The van der Waals surface area contributed by atoms with Gasteiger partial charge in [-0.1, -0.05) is 152 Å².